The van der Waals surface area contributed by atoms with Gasteiger partial charge in [-0.3, -0.25) is 4.79 Å². The van der Waals surface area contributed by atoms with Crippen LogP contribution in [0.15, 0.2) is 30.3 Å². The number of amides is 1. The lowest BCUT2D eigenvalue weighted by molar-refractivity contribution is 0.0947. The van der Waals surface area contributed by atoms with E-state index in [4.69, 9.17) is 11.6 Å². The summed E-state index contributed by atoms with van der Waals surface area (Å²) in [5.41, 5.74) is 1.57. The van der Waals surface area contributed by atoms with Gasteiger partial charge >= 0.3 is 0 Å². The molecule has 0 bridgehead atoms. The van der Waals surface area contributed by atoms with Crippen LogP contribution in [0.4, 0.5) is 5.82 Å². The molecule has 0 saturated heterocycles. The molecule has 0 aliphatic heterocycles. The summed E-state index contributed by atoms with van der Waals surface area (Å²) in [4.78, 5) is 22.9. The van der Waals surface area contributed by atoms with Gasteiger partial charge in [0.1, 0.15) is 17.3 Å². The summed E-state index contributed by atoms with van der Waals surface area (Å²) in [6, 6.07) is 9.45. The minimum absolute atomic E-state index is 0.171. The molecule has 0 saturated carbocycles. The zero-order chi connectivity index (χ0) is 18.9. The first-order valence-electron chi connectivity index (χ1n) is 8.71. The molecular weight excluding hydrogens is 350 g/mol. The molecule has 0 fully saturated rings. The van der Waals surface area contributed by atoms with Gasteiger partial charge in [0.2, 0.25) is 0 Å². The Kier molecular flexibility index (Phi) is 7.81. The first-order chi connectivity index (χ1) is 12.4. The van der Waals surface area contributed by atoms with E-state index >= 15 is 0 Å². The van der Waals surface area contributed by atoms with E-state index in [0.29, 0.717) is 30.4 Å². The number of nitrogens with one attached hydrogen (secondary N) is 2. The van der Waals surface area contributed by atoms with E-state index in [-0.39, 0.29) is 5.91 Å². The summed E-state index contributed by atoms with van der Waals surface area (Å²) >= 11 is 5.89. The molecule has 2 N–H and O–H groups in total. The fraction of sp³-hybridized carbons (Fsp3) is 0.421. The topological polar surface area (TPSA) is 70.2 Å². The first-order valence-corrected chi connectivity index (χ1v) is 9.09. The minimum Gasteiger partial charge on any atom is -0.370 e. The molecule has 1 heterocycles. The number of rotatable bonds is 9. The zero-order valence-electron chi connectivity index (χ0n) is 15.6. The number of nitrogens with zero attached hydrogens (tertiary/aromatic N) is 3. The Morgan fingerprint density at radius 3 is 2.58 bits per heavy atom. The summed E-state index contributed by atoms with van der Waals surface area (Å²) < 4.78 is 0. The van der Waals surface area contributed by atoms with Crippen molar-refractivity contribution < 1.29 is 4.79 Å². The van der Waals surface area contributed by atoms with Crippen LogP contribution in [0.25, 0.3) is 0 Å². The van der Waals surface area contributed by atoms with Crippen LogP contribution in [0.5, 0.6) is 0 Å². The van der Waals surface area contributed by atoms with E-state index in [9.17, 15) is 4.79 Å². The van der Waals surface area contributed by atoms with Crippen LogP contribution < -0.4 is 10.6 Å². The van der Waals surface area contributed by atoms with E-state index < -0.39 is 0 Å². The molecule has 6 nitrogen and oxygen atoms in total. The monoisotopic (exact) mass is 375 g/mol. The van der Waals surface area contributed by atoms with Gasteiger partial charge in [0.05, 0.1) is 0 Å². The largest absolute Gasteiger partial charge is 0.370 e. The highest BCUT2D eigenvalue weighted by Gasteiger charge is 2.10. The van der Waals surface area contributed by atoms with Crippen LogP contribution in [-0.4, -0.2) is 54.5 Å². The number of benzene rings is 1. The highest BCUT2D eigenvalue weighted by molar-refractivity contribution is 6.30. The molecule has 7 heteroatoms. The predicted molar refractivity (Wildman–Crippen MR) is 106 cm³/mol. The van der Waals surface area contributed by atoms with Crippen molar-refractivity contribution in [3.63, 3.8) is 0 Å². The predicted octanol–water partition coefficient (Wildman–Crippen LogP) is 2.77. The number of aryl methyl sites for hydroxylation is 1. The highest BCUT2D eigenvalue weighted by atomic mass is 35.5. The lowest BCUT2D eigenvalue weighted by Gasteiger charge is -2.11. The third-order valence-electron chi connectivity index (χ3n) is 3.77. The summed E-state index contributed by atoms with van der Waals surface area (Å²) in [5, 5.41) is 6.89. The Labute approximate surface area is 160 Å². The lowest BCUT2D eigenvalue weighted by Crippen LogP contribution is -2.28. The number of carbonyl (C=O) groups is 1. The normalized spacial score (nSPS) is 10.8. The third-order valence-corrected chi connectivity index (χ3v) is 4.02. The second-order valence-electron chi connectivity index (χ2n) is 6.40. The van der Waals surface area contributed by atoms with Crippen molar-refractivity contribution in [2.45, 2.75) is 19.8 Å². The number of aromatic nitrogens is 2. The fourth-order valence-electron chi connectivity index (χ4n) is 2.45. The molecule has 0 atom stereocenters. The SMILES string of the molecule is Cc1nc(NCCc2ccc(Cl)cc2)cc(C(=O)NCCCN(C)C)n1. The molecule has 2 aromatic rings. The average molecular weight is 376 g/mol. The summed E-state index contributed by atoms with van der Waals surface area (Å²) in [5.74, 6) is 1.06. The van der Waals surface area contributed by atoms with E-state index in [1.54, 1.807) is 13.0 Å². The number of anilines is 1. The van der Waals surface area contributed by atoms with Gasteiger partial charge in [0, 0.05) is 24.2 Å². The second-order valence-corrected chi connectivity index (χ2v) is 6.84. The Morgan fingerprint density at radius 1 is 1.15 bits per heavy atom. The van der Waals surface area contributed by atoms with E-state index in [1.165, 1.54) is 5.56 Å². The molecule has 2 rings (SSSR count). The van der Waals surface area contributed by atoms with E-state index in [1.807, 2.05) is 38.4 Å². The maximum Gasteiger partial charge on any atom is 0.270 e. The number of halogens is 1. The van der Waals surface area contributed by atoms with Gasteiger partial charge in [-0.25, -0.2) is 9.97 Å². The van der Waals surface area contributed by atoms with Crippen molar-refractivity contribution in [3.05, 3.63) is 52.4 Å². The van der Waals surface area contributed by atoms with Gasteiger partial charge in [-0.2, -0.15) is 0 Å². The van der Waals surface area contributed by atoms with Crippen molar-refractivity contribution in [1.82, 2.24) is 20.2 Å². The molecular formula is C19H26ClN5O. The Balaban J connectivity index is 1.87. The molecule has 1 aromatic heterocycles. The van der Waals surface area contributed by atoms with Crippen molar-refractivity contribution in [3.8, 4) is 0 Å². The maximum atomic E-state index is 12.3. The van der Waals surface area contributed by atoms with Gasteiger partial charge in [-0.15, -0.1) is 0 Å². The quantitative estimate of drug-likeness (QED) is 0.659. The molecule has 0 radical (unpaired) electrons. The lowest BCUT2D eigenvalue weighted by atomic mass is 10.1. The maximum absolute atomic E-state index is 12.3. The zero-order valence-corrected chi connectivity index (χ0v) is 16.3. The average Bonchev–Trinajstić information content (AvgIpc) is 2.59. The van der Waals surface area contributed by atoms with Crippen LogP contribution in [-0.2, 0) is 6.42 Å². The highest BCUT2D eigenvalue weighted by Crippen LogP contribution is 2.11. The van der Waals surface area contributed by atoms with Gasteiger partial charge in [0.15, 0.2) is 0 Å². The van der Waals surface area contributed by atoms with Crippen LogP contribution in [0.3, 0.4) is 0 Å². The molecule has 1 aromatic carbocycles. The second kappa shape index (κ2) is 10.1. The first kappa shape index (κ1) is 20.1. The summed E-state index contributed by atoms with van der Waals surface area (Å²) in [6.07, 6.45) is 1.74. The van der Waals surface area contributed by atoms with Gasteiger partial charge in [-0.05, 0) is 58.1 Å². The molecule has 0 aliphatic carbocycles. The third kappa shape index (κ3) is 6.98. The van der Waals surface area contributed by atoms with Gasteiger partial charge < -0.3 is 15.5 Å². The molecule has 0 aliphatic rings. The van der Waals surface area contributed by atoms with E-state index in [0.717, 1.165) is 24.4 Å². The summed E-state index contributed by atoms with van der Waals surface area (Å²) in [6.45, 7) is 4.05. The summed E-state index contributed by atoms with van der Waals surface area (Å²) in [7, 11) is 4.02. The van der Waals surface area contributed by atoms with Crippen LogP contribution >= 0.6 is 11.6 Å². The molecule has 1 amide bonds. The van der Waals surface area contributed by atoms with Crippen molar-refractivity contribution in [2.24, 2.45) is 0 Å². The molecule has 26 heavy (non-hydrogen) atoms. The van der Waals surface area contributed by atoms with Crippen molar-refractivity contribution in [2.75, 3.05) is 39.0 Å². The van der Waals surface area contributed by atoms with Crippen molar-refractivity contribution >= 4 is 23.3 Å². The van der Waals surface area contributed by atoms with Crippen molar-refractivity contribution in [1.29, 1.82) is 0 Å². The molecule has 0 unspecified atom stereocenters. The van der Waals surface area contributed by atoms with Gasteiger partial charge in [-0.1, -0.05) is 23.7 Å². The van der Waals surface area contributed by atoms with E-state index in [2.05, 4.69) is 25.5 Å². The van der Waals surface area contributed by atoms with Crippen LogP contribution in [0.2, 0.25) is 5.02 Å². The smallest absolute Gasteiger partial charge is 0.270 e. The Bertz CT molecular complexity index is 718. The molecule has 0 spiro atoms. The number of hydrogen-bond donors (Lipinski definition) is 2. The number of hydrogen-bond acceptors (Lipinski definition) is 5. The minimum atomic E-state index is -0.171. The van der Waals surface area contributed by atoms with Crippen LogP contribution in [0.1, 0.15) is 28.3 Å². The number of carbonyl (C=O) groups excluding carboxylic acids is 1. The standard InChI is InChI=1S/C19H26ClN5O/c1-14-23-17(19(26)22-10-4-12-25(2)3)13-18(24-14)21-11-9-15-5-7-16(20)8-6-15/h5-8,13H,4,9-12H2,1-3H3,(H,22,26)(H,21,23,24). The Hall–Kier alpha value is -2.18. The molecule has 140 valence electrons. The van der Waals surface area contributed by atoms with Gasteiger partial charge in [0.25, 0.3) is 5.91 Å². The Morgan fingerprint density at radius 2 is 1.88 bits per heavy atom. The van der Waals surface area contributed by atoms with Crippen LogP contribution in [0, 0.1) is 6.92 Å². The fourth-order valence-corrected chi connectivity index (χ4v) is 2.57.